The molecule has 3 fully saturated rings. The van der Waals surface area contributed by atoms with E-state index in [9.17, 15) is 9.59 Å². The summed E-state index contributed by atoms with van der Waals surface area (Å²) in [6, 6.07) is 9.02. The van der Waals surface area contributed by atoms with Gasteiger partial charge in [0, 0.05) is 82.4 Å². The SMILES string of the molecule is C=CC(=O)N1CCN(c2nc(Nc3ccc(N4CCC(N5CCN(C)CC5)CC4)cc3)c(C(N)=O)nc2CC)C[C@@H]1CC(C)C. The Bertz CT molecular complexity index is 1330. The molecule has 244 valence electrons. The molecule has 0 aliphatic carbocycles. The summed E-state index contributed by atoms with van der Waals surface area (Å²) < 4.78 is 0. The summed E-state index contributed by atoms with van der Waals surface area (Å²) in [7, 11) is 2.21. The number of piperidine rings is 1. The van der Waals surface area contributed by atoms with E-state index in [1.54, 1.807) is 0 Å². The van der Waals surface area contributed by atoms with Gasteiger partial charge in [-0.05, 0) is 69.0 Å². The van der Waals surface area contributed by atoms with E-state index in [4.69, 9.17) is 15.7 Å². The molecule has 11 heteroatoms. The molecule has 0 unspecified atom stereocenters. The average Bonchev–Trinajstić information content (AvgIpc) is 3.04. The highest BCUT2D eigenvalue weighted by molar-refractivity contribution is 5.96. The summed E-state index contributed by atoms with van der Waals surface area (Å²) in [5, 5.41) is 3.34. The van der Waals surface area contributed by atoms with Gasteiger partial charge in [0.25, 0.3) is 5.91 Å². The highest BCUT2D eigenvalue weighted by Gasteiger charge is 2.32. The van der Waals surface area contributed by atoms with Gasteiger partial charge in [0.1, 0.15) is 0 Å². The number of nitrogens with two attached hydrogens (primary N) is 1. The van der Waals surface area contributed by atoms with Crippen molar-refractivity contribution in [2.75, 3.05) is 81.1 Å². The first-order valence-corrected chi connectivity index (χ1v) is 16.6. The summed E-state index contributed by atoms with van der Waals surface area (Å²) in [6.45, 7) is 18.6. The first-order chi connectivity index (χ1) is 21.7. The number of aryl methyl sites for hydroxylation is 1. The van der Waals surface area contributed by atoms with Crippen LogP contribution < -0.4 is 20.9 Å². The molecule has 11 nitrogen and oxygen atoms in total. The van der Waals surface area contributed by atoms with Gasteiger partial charge in [-0.3, -0.25) is 14.5 Å². The van der Waals surface area contributed by atoms with Crippen molar-refractivity contribution >= 4 is 34.8 Å². The van der Waals surface area contributed by atoms with E-state index in [0.29, 0.717) is 43.8 Å². The van der Waals surface area contributed by atoms with Crippen LogP contribution in [-0.4, -0.2) is 115 Å². The van der Waals surface area contributed by atoms with Crippen LogP contribution in [0.5, 0.6) is 0 Å². The van der Waals surface area contributed by atoms with E-state index in [1.807, 2.05) is 24.0 Å². The monoisotopic (exact) mass is 617 g/mol. The lowest BCUT2D eigenvalue weighted by atomic mass is 9.99. The van der Waals surface area contributed by atoms with Gasteiger partial charge in [0.2, 0.25) is 5.91 Å². The standard InChI is InChI=1S/C34H51N9O2/c1-6-29-34(42-20-21-43(30(44)7-2)28(23-42)22-24(3)4)38-33(31(37-29)32(35)45)36-25-8-10-26(11-9-25)40-14-12-27(13-15-40)41-18-16-39(5)17-19-41/h7-11,24,27-28H,2,6,12-23H2,1,3-5H3,(H2,35,45)(H,36,38)/t28-/m0/s1. The Kier molecular flexibility index (Phi) is 10.6. The summed E-state index contributed by atoms with van der Waals surface area (Å²) >= 11 is 0. The molecular weight excluding hydrogens is 566 g/mol. The zero-order valence-electron chi connectivity index (χ0n) is 27.5. The van der Waals surface area contributed by atoms with E-state index in [1.165, 1.54) is 37.7 Å². The van der Waals surface area contributed by atoms with E-state index in [2.05, 4.69) is 64.5 Å². The smallest absolute Gasteiger partial charge is 0.271 e. The number of hydrogen-bond acceptors (Lipinski definition) is 9. The van der Waals surface area contributed by atoms with Gasteiger partial charge in [0.15, 0.2) is 17.3 Å². The predicted octanol–water partition coefficient (Wildman–Crippen LogP) is 3.35. The molecule has 1 atom stereocenters. The van der Waals surface area contributed by atoms with Crippen LogP contribution in [0.25, 0.3) is 0 Å². The lowest BCUT2D eigenvalue weighted by molar-refractivity contribution is -0.129. The molecule has 0 spiro atoms. The third-order valence-corrected chi connectivity index (χ3v) is 9.51. The minimum Gasteiger partial charge on any atom is -0.371 e. The van der Waals surface area contributed by atoms with Gasteiger partial charge in [-0.1, -0.05) is 27.4 Å². The Hall–Kier alpha value is -3.70. The molecule has 0 saturated carbocycles. The van der Waals surface area contributed by atoms with Crippen molar-refractivity contribution in [3.8, 4) is 0 Å². The Morgan fingerprint density at radius 1 is 1.00 bits per heavy atom. The van der Waals surface area contributed by atoms with Crippen LogP contribution in [0.15, 0.2) is 36.9 Å². The normalized spacial score (nSPS) is 20.5. The number of carbonyl (C=O) groups excluding carboxylic acids is 2. The molecule has 3 aliphatic rings. The number of anilines is 4. The van der Waals surface area contributed by atoms with Crippen LogP contribution >= 0.6 is 0 Å². The number of primary amides is 1. The highest BCUT2D eigenvalue weighted by atomic mass is 16.2. The van der Waals surface area contributed by atoms with E-state index < -0.39 is 5.91 Å². The molecule has 5 rings (SSSR count). The second-order valence-corrected chi connectivity index (χ2v) is 13.1. The van der Waals surface area contributed by atoms with Crippen LogP contribution in [0.3, 0.4) is 0 Å². The topological polar surface area (TPSA) is 114 Å². The third-order valence-electron chi connectivity index (χ3n) is 9.51. The number of piperazine rings is 2. The largest absolute Gasteiger partial charge is 0.371 e. The number of nitrogens with zero attached hydrogens (tertiary/aromatic N) is 7. The van der Waals surface area contributed by atoms with Crippen LogP contribution in [0.4, 0.5) is 23.0 Å². The molecular formula is C34H51N9O2. The summed E-state index contributed by atoms with van der Waals surface area (Å²) in [6.07, 6.45) is 5.23. The second kappa shape index (κ2) is 14.6. The molecule has 45 heavy (non-hydrogen) atoms. The molecule has 2 amide bonds. The van der Waals surface area contributed by atoms with Crippen molar-refractivity contribution in [1.29, 1.82) is 0 Å². The summed E-state index contributed by atoms with van der Waals surface area (Å²) in [5.41, 5.74) is 8.66. The maximum Gasteiger partial charge on any atom is 0.271 e. The lowest BCUT2D eigenvalue weighted by Gasteiger charge is -2.42. The Balaban J connectivity index is 1.30. The lowest BCUT2D eigenvalue weighted by Crippen LogP contribution is -2.55. The first-order valence-electron chi connectivity index (χ1n) is 16.6. The second-order valence-electron chi connectivity index (χ2n) is 13.1. The average molecular weight is 618 g/mol. The zero-order valence-corrected chi connectivity index (χ0v) is 27.5. The van der Waals surface area contributed by atoms with Crippen molar-refractivity contribution in [2.45, 2.75) is 58.5 Å². The van der Waals surface area contributed by atoms with Crippen molar-refractivity contribution in [2.24, 2.45) is 11.7 Å². The maximum absolute atomic E-state index is 12.6. The van der Waals surface area contributed by atoms with E-state index >= 15 is 0 Å². The maximum atomic E-state index is 12.6. The number of nitrogens with one attached hydrogen (secondary N) is 1. The highest BCUT2D eigenvalue weighted by Crippen LogP contribution is 2.30. The number of carbonyl (C=O) groups is 2. The molecule has 0 bridgehead atoms. The fraction of sp³-hybridized carbons (Fsp3) is 0.588. The number of rotatable bonds is 10. The molecule has 4 heterocycles. The van der Waals surface area contributed by atoms with Gasteiger partial charge in [0.05, 0.1) is 5.69 Å². The quantitative estimate of drug-likeness (QED) is 0.388. The molecule has 2 aromatic rings. The van der Waals surface area contributed by atoms with Crippen LogP contribution in [0, 0.1) is 5.92 Å². The Morgan fingerprint density at radius 3 is 2.29 bits per heavy atom. The fourth-order valence-electron chi connectivity index (χ4n) is 6.98. The Labute approximate surface area is 268 Å². The van der Waals surface area contributed by atoms with Gasteiger partial charge in [-0.25, -0.2) is 9.97 Å². The number of aromatic nitrogens is 2. The van der Waals surface area contributed by atoms with Gasteiger partial charge < -0.3 is 30.7 Å². The van der Waals surface area contributed by atoms with Gasteiger partial charge >= 0.3 is 0 Å². The minimum absolute atomic E-state index is 0.0298. The van der Waals surface area contributed by atoms with E-state index in [0.717, 1.165) is 49.8 Å². The first kappa shape index (κ1) is 32.7. The number of likely N-dealkylation sites (N-methyl/N-ethyl adjacent to an activating group) is 1. The van der Waals surface area contributed by atoms with Crippen molar-refractivity contribution in [3.05, 3.63) is 48.3 Å². The summed E-state index contributed by atoms with van der Waals surface area (Å²) in [4.78, 5) is 46.4. The Morgan fingerprint density at radius 2 is 1.69 bits per heavy atom. The molecule has 0 radical (unpaired) electrons. The molecule has 3 N–H and O–H groups in total. The third kappa shape index (κ3) is 7.76. The van der Waals surface area contributed by atoms with Crippen LogP contribution in [0.1, 0.15) is 56.2 Å². The number of benzene rings is 1. The van der Waals surface area contributed by atoms with Crippen molar-refractivity contribution < 1.29 is 9.59 Å². The van der Waals surface area contributed by atoms with E-state index in [-0.39, 0.29) is 17.6 Å². The van der Waals surface area contributed by atoms with Crippen LogP contribution in [0.2, 0.25) is 0 Å². The van der Waals surface area contributed by atoms with Crippen LogP contribution in [-0.2, 0) is 11.2 Å². The fourth-order valence-corrected chi connectivity index (χ4v) is 6.98. The molecule has 1 aromatic carbocycles. The van der Waals surface area contributed by atoms with Gasteiger partial charge in [-0.2, -0.15) is 0 Å². The summed E-state index contributed by atoms with van der Waals surface area (Å²) in [5.74, 6) is 0.832. The van der Waals surface area contributed by atoms with Crippen molar-refractivity contribution in [3.63, 3.8) is 0 Å². The van der Waals surface area contributed by atoms with Gasteiger partial charge in [-0.15, -0.1) is 0 Å². The molecule has 3 aliphatic heterocycles. The predicted molar refractivity (Wildman–Crippen MR) is 181 cm³/mol. The number of amides is 2. The zero-order chi connectivity index (χ0) is 32.1. The van der Waals surface area contributed by atoms with Crippen molar-refractivity contribution in [1.82, 2.24) is 24.7 Å². The minimum atomic E-state index is -0.620. The number of hydrogen-bond donors (Lipinski definition) is 2. The molecule has 1 aromatic heterocycles. The molecule has 3 saturated heterocycles.